The molecule has 0 saturated carbocycles. The standard InChI is InChI=1S/C17H23N3O3S/c1-4-11-17(2,3)24-16-13(15(23)20(11)16)19-14(22)12(18)9-5-7-10(21)8-6-9/h5-8,11-13,16,21H,4,18H2,1-3H3,(H,19,22). The number of phenolic OH excluding ortho intramolecular Hbond substituents is 1. The summed E-state index contributed by atoms with van der Waals surface area (Å²) in [5.74, 6) is -0.292. The Balaban J connectivity index is 1.68. The highest BCUT2D eigenvalue weighted by Gasteiger charge is 2.61. The highest BCUT2D eigenvalue weighted by Crippen LogP contribution is 2.51. The van der Waals surface area contributed by atoms with Crippen molar-refractivity contribution in [1.82, 2.24) is 10.2 Å². The van der Waals surface area contributed by atoms with Crippen LogP contribution in [-0.2, 0) is 9.59 Å². The number of carbonyl (C=O) groups is 2. The molecule has 2 fully saturated rings. The summed E-state index contributed by atoms with van der Waals surface area (Å²) in [7, 11) is 0. The summed E-state index contributed by atoms with van der Waals surface area (Å²) in [6.07, 6.45) is 0.899. The lowest BCUT2D eigenvalue weighted by Crippen LogP contribution is -2.70. The lowest BCUT2D eigenvalue weighted by Gasteiger charge is -2.45. The number of rotatable bonds is 4. The average Bonchev–Trinajstić information content (AvgIpc) is 2.79. The van der Waals surface area contributed by atoms with Gasteiger partial charge in [-0.2, -0.15) is 0 Å². The SMILES string of the molecule is CCC1N2C(=O)C(NC(=O)C(N)c3ccc(O)cc3)C2SC1(C)C. The van der Waals surface area contributed by atoms with E-state index < -0.39 is 12.1 Å². The molecule has 0 bridgehead atoms. The molecule has 0 aromatic heterocycles. The van der Waals surface area contributed by atoms with Crippen molar-refractivity contribution < 1.29 is 14.7 Å². The summed E-state index contributed by atoms with van der Waals surface area (Å²) in [4.78, 5) is 26.8. The third kappa shape index (κ3) is 2.65. The molecule has 6 nitrogen and oxygen atoms in total. The largest absolute Gasteiger partial charge is 0.508 e. The first-order valence-electron chi connectivity index (χ1n) is 8.11. The third-order valence-electron chi connectivity index (χ3n) is 4.86. The number of carbonyl (C=O) groups excluding carboxylic acids is 2. The van der Waals surface area contributed by atoms with Crippen LogP contribution in [0, 0.1) is 0 Å². The first kappa shape index (κ1) is 17.1. The number of phenols is 1. The van der Waals surface area contributed by atoms with Crippen LogP contribution >= 0.6 is 11.8 Å². The number of β-lactam (4-membered cyclic amide) rings is 1. The van der Waals surface area contributed by atoms with Crippen molar-refractivity contribution in [2.75, 3.05) is 0 Å². The molecule has 0 radical (unpaired) electrons. The summed E-state index contributed by atoms with van der Waals surface area (Å²) in [5.41, 5.74) is 6.58. The monoisotopic (exact) mass is 349 g/mol. The number of aromatic hydroxyl groups is 1. The Morgan fingerprint density at radius 2 is 2.04 bits per heavy atom. The number of benzene rings is 1. The second-order valence-electron chi connectivity index (χ2n) is 6.84. The number of hydrogen-bond acceptors (Lipinski definition) is 5. The van der Waals surface area contributed by atoms with E-state index in [1.807, 2.05) is 4.90 Å². The van der Waals surface area contributed by atoms with Crippen LogP contribution in [0.25, 0.3) is 0 Å². The van der Waals surface area contributed by atoms with Crippen molar-refractivity contribution in [2.45, 2.75) is 55.4 Å². The van der Waals surface area contributed by atoms with Crippen LogP contribution in [-0.4, -0.2) is 44.0 Å². The number of nitrogens with two attached hydrogens (primary N) is 1. The lowest BCUT2D eigenvalue weighted by molar-refractivity contribution is -0.151. The first-order chi connectivity index (χ1) is 11.3. The van der Waals surface area contributed by atoms with E-state index in [1.165, 1.54) is 12.1 Å². The topological polar surface area (TPSA) is 95.7 Å². The fourth-order valence-electron chi connectivity index (χ4n) is 3.56. The minimum Gasteiger partial charge on any atom is -0.508 e. The van der Waals surface area contributed by atoms with E-state index in [0.717, 1.165) is 6.42 Å². The van der Waals surface area contributed by atoms with Gasteiger partial charge in [0.2, 0.25) is 11.8 Å². The van der Waals surface area contributed by atoms with Crippen LogP contribution in [0.1, 0.15) is 38.8 Å². The van der Waals surface area contributed by atoms with Gasteiger partial charge in [-0.05, 0) is 38.0 Å². The van der Waals surface area contributed by atoms with E-state index in [-0.39, 0.29) is 33.7 Å². The maximum absolute atomic E-state index is 12.5. The smallest absolute Gasteiger partial charge is 0.249 e. The molecule has 4 unspecified atom stereocenters. The van der Waals surface area contributed by atoms with Gasteiger partial charge in [-0.3, -0.25) is 9.59 Å². The molecule has 2 heterocycles. The molecule has 4 atom stereocenters. The Bertz CT molecular complexity index is 662. The van der Waals surface area contributed by atoms with Crippen LogP contribution in [0.4, 0.5) is 0 Å². The second kappa shape index (κ2) is 5.97. The number of thioether (sulfide) groups is 1. The minimum atomic E-state index is -0.867. The number of nitrogens with one attached hydrogen (secondary N) is 1. The lowest BCUT2D eigenvalue weighted by atomic mass is 9.94. The Hall–Kier alpha value is -1.73. The van der Waals surface area contributed by atoms with E-state index in [0.29, 0.717) is 5.56 Å². The Morgan fingerprint density at radius 1 is 1.42 bits per heavy atom. The molecule has 2 aliphatic heterocycles. The molecular formula is C17H23N3O3S. The van der Waals surface area contributed by atoms with Gasteiger partial charge in [-0.1, -0.05) is 19.1 Å². The molecule has 24 heavy (non-hydrogen) atoms. The number of hydrogen-bond donors (Lipinski definition) is 3. The van der Waals surface area contributed by atoms with Gasteiger partial charge in [-0.25, -0.2) is 0 Å². The quantitative estimate of drug-likeness (QED) is 0.713. The van der Waals surface area contributed by atoms with E-state index in [9.17, 15) is 14.7 Å². The van der Waals surface area contributed by atoms with Crippen molar-refractivity contribution >= 4 is 23.6 Å². The molecule has 2 aliphatic rings. The highest BCUT2D eigenvalue weighted by atomic mass is 32.2. The van der Waals surface area contributed by atoms with Gasteiger partial charge >= 0.3 is 0 Å². The fraction of sp³-hybridized carbons (Fsp3) is 0.529. The third-order valence-corrected chi connectivity index (χ3v) is 6.48. The van der Waals surface area contributed by atoms with Crippen LogP contribution in [0.5, 0.6) is 5.75 Å². The molecule has 1 aromatic rings. The summed E-state index contributed by atoms with van der Waals surface area (Å²) in [6, 6.07) is 5.00. The Kier molecular flexibility index (Phi) is 4.25. The Morgan fingerprint density at radius 3 is 2.62 bits per heavy atom. The van der Waals surface area contributed by atoms with Crippen molar-refractivity contribution in [2.24, 2.45) is 5.73 Å². The molecular weight excluding hydrogens is 326 g/mol. The van der Waals surface area contributed by atoms with E-state index in [2.05, 4.69) is 26.1 Å². The molecule has 7 heteroatoms. The Labute approximate surface area is 145 Å². The van der Waals surface area contributed by atoms with Gasteiger partial charge in [0.25, 0.3) is 0 Å². The fourth-order valence-corrected chi connectivity index (χ4v) is 5.31. The van der Waals surface area contributed by atoms with Crippen molar-refractivity contribution in [3.8, 4) is 5.75 Å². The number of nitrogens with zero attached hydrogens (tertiary/aromatic N) is 1. The number of fused-ring (bicyclic) bond motifs is 1. The predicted octanol–water partition coefficient (Wildman–Crippen LogP) is 1.35. The molecule has 1 aromatic carbocycles. The van der Waals surface area contributed by atoms with Gasteiger partial charge in [-0.15, -0.1) is 11.8 Å². The predicted molar refractivity (Wildman–Crippen MR) is 93.3 cm³/mol. The van der Waals surface area contributed by atoms with E-state index >= 15 is 0 Å². The zero-order valence-corrected chi connectivity index (χ0v) is 14.8. The highest BCUT2D eigenvalue weighted by molar-refractivity contribution is 8.01. The van der Waals surface area contributed by atoms with Gasteiger partial charge in [0.15, 0.2) is 0 Å². The zero-order valence-electron chi connectivity index (χ0n) is 14.0. The first-order valence-corrected chi connectivity index (χ1v) is 8.99. The summed E-state index contributed by atoms with van der Waals surface area (Å²) >= 11 is 1.73. The van der Waals surface area contributed by atoms with Crippen molar-refractivity contribution in [3.05, 3.63) is 29.8 Å². The van der Waals surface area contributed by atoms with Gasteiger partial charge in [0.1, 0.15) is 23.2 Å². The molecule has 130 valence electrons. The minimum absolute atomic E-state index is 0.0200. The molecule has 2 amide bonds. The summed E-state index contributed by atoms with van der Waals surface area (Å²) in [6.45, 7) is 6.35. The molecule has 3 rings (SSSR count). The average molecular weight is 349 g/mol. The van der Waals surface area contributed by atoms with Crippen molar-refractivity contribution in [1.29, 1.82) is 0 Å². The molecule has 0 aliphatic carbocycles. The molecule has 0 spiro atoms. The van der Waals surface area contributed by atoms with Gasteiger partial charge < -0.3 is 21.1 Å². The van der Waals surface area contributed by atoms with Crippen LogP contribution in [0.15, 0.2) is 24.3 Å². The van der Waals surface area contributed by atoms with Gasteiger partial charge in [0.05, 0.1) is 0 Å². The molecule has 4 N–H and O–H groups in total. The van der Waals surface area contributed by atoms with E-state index in [4.69, 9.17) is 5.73 Å². The maximum Gasteiger partial charge on any atom is 0.249 e. The normalized spacial score (nSPS) is 28.9. The number of amides is 2. The van der Waals surface area contributed by atoms with E-state index in [1.54, 1.807) is 23.9 Å². The van der Waals surface area contributed by atoms with Crippen LogP contribution < -0.4 is 11.1 Å². The summed E-state index contributed by atoms with van der Waals surface area (Å²) in [5, 5.41) is 12.1. The van der Waals surface area contributed by atoms with Crippen LogP contribution in [0.3, 0.4) is 0 Å². The van der Waals surface area contributed by atoms with Crippen LogP contribution in [0.2, 0.25) is 0 Å². The van der Waals surface area contributed by atoms with Gasteiger partial charge in [0, 0.05) is 10.8 Å². The maximum atomic E-state index is 12.5. The second-order valence-corrected chi connectivity index (χ2v) is 8.61. The summed E-state index contributed by atoms with van der Waals surface area (Å²) < 4.78 is -0.0202. The molecule has 2 saturated heterocycles. The van der Waals surface area contributed by atoms with Crippen molar-refractivity contribution in [3.63, 3.8) is 0 Å². The zero-order chi connectivity index (χ0) is 17.6.